The lowest BCUT2D eigenvalue weighted by Gasteiger charge is -2.32. The highest BCUT2D eigenvalue weighted by molar-refractivity contribution is 7.99. The third-order valence-electron chi connectivity index (χ3n) is 2.23. The van der Waals surface area contributed by atoms with Crippen molar-refractivity contribution < 1.29 is 9.90 Å². The number of thioether (sulfide) groups is 1. The molecule has 12 heavy (non-hydrogen) atoms. The summed E-state index contributed by atoms with van der Waals surface area (Å²) in [5.74, 6) is 1.20. The number of halogens is 1. The van der Waals surface area contributed by atoms with Gasteiger partial charge in [0.15, 0.2) is 0 Å². The van der Waals surface area contributed by atoms with Crippen LogP contribution in [0.5, 0.6) is 0 Å². The maximum atomic E-state index is 10.8. The van der Waals surface area contributed by atoms with E-state index in [9.17, 15) is 4.79 Å². The third kappa shape index (κ3) is 2.28. The quantitative estimate of drug-likeness (QED) is 0.715. The number of likely N-dealkylation sites (N-methyl/N-ethyl adjacent to an activating group) is 1. The summed E-state index contributed by atoms with van der Waals surface area (Å²) in [4.78, 5) is 10.8. The van der Waals surface area contributed by atoms with Crippen molar-refractivity contribution in [2.75, 3.05) is 18.6 Å². The number of carboxylic acid groups (broad SMARTS) is 1. The third-order valence-corrected chi connectivity index (χ3v) is 3.22. The van der Waals surface area contributed by atoms with Crippen molar-refractivity contribution in [2.24, 2.45) is 0 Å². The molecule has 0 radical (unpaired) electrons. The highest BCUT2D eigenvalue weighted by Crippen LogP contribution is 2.26. The van der Waals surface area contributed by atoms with E-state index in [0.29, 0.717) is 0 Å². The zero-order valence-corrected chi connectivity index (χ0v) is 8.63. The lowest BCUT2D eigenvalue weighted by atomic mass is 9.93. The highest BCUT2D eigenvalue weighted by atomic mass is 35.5. The van der Waals surface area contributed by atoms with Crippen molar-refractivity contribution in [1.29, 1.82) is 0 Å². The number of nitrogens with one attached hydrogen (secondary N) is 1. The average Bonchev–Trinajstić information content (AvgIpc) is 2.05. The SMILES string of the molecule is CNC1(C(=O)O)CCSCC1.Cl. The molecule has 0 amide bonds. The van der Waals surface area contributed by atoms with Gasteiger partial charge >= 0.3 is 5.97 Å². The van der Waals surface area contributed by atoms with E-state index in [1.165, 1.54) is 0 Å². The molecule has 0 bridgehead atoms. The van der Waals surface area contributed by atoms with Crippen LogP contribution in [0, 0.1) is 0 Å². The Kier molecular flexibility index (Phi) is 4.97. The van der Waals surface area contributed by atoms with Crippen LogP contribution in [0.3, 0.4) is 0 Å². The van der Waals surface area contributed by atoms with E-state index in [1.54, 1.807) is 7.05 Å². The number of hydrogen-bond acceptors (Lipinski definition) is 3. The van der Waals surface area contributed by atoms with E-state index in [-0.39, 0.29) is 12.4 Å². The molecule has 1 saturated heterocycles. The Balaban J connectivity index is 0.00000121. The van der Waals surface area contributed by atoms with Crippen molar-refractivity contribution in [3.8, 4) is 0 Å². The van der Waals surface area contributed by atoms with E-state index in [0.717, 1.165) is 24.3 Å². The Bertz CT molecular complexity index is 159. The van der Waals surface area contributed by atoms with Gasteiger partial charge in [0.1, 0.15) is 5.54 Å². The average molecular weight is 212 g/mol. The fourth-order valence-corrected chi connectivity index (χ4v) is 2.48. The summed E-state index contributed by atoms with van der Waals surface area (Å²) in [6.45, 7) is 0. The van der Waals surface area contributed by atoms with Crippen molar-refractivity contribution in [1.82, 2.24) is 5.32 Å². The molecular formula is C7H14ClNO2S. The minimum Gasteiger partial charge on any atom is -0.480 e. The number of carbonyl (C=O) groups is 1. The lowest BCUT2D eigenvalue weighted by Crippen LogP contribution is -2.52. The molecule has 5 heteroatoms. The van der Waals surface area contributed by atoms with Gasteiger partial charge in [0.25, 0.3) is 0 Å². The van der Waals surface area contributed by atoms with Gasteiger partial charge in [0.2, 0.25) is 0 Å². The van der Waals surface area contributed by atoms with Crippen LogP contribution in [-0.2, 0) is 4.79 Å². The van der Waals surface area contributed by atoms with Crippen LogP contribution >= 0.6 is 24.2 Å². The molecule has 2 N–H and O–H groups in total. The van der Waals surface area contributed by atoms with Crippen LogP contribution in [0.15, 0.2) is 0 Å². The molecule has 0 spiro atoms. The van der Waals surface area contributed by atoms with Gasteiger partial charge in [-0.1, -0.05) is 0 Å². The standard InChI is InChI=1S/C7H13NO2S.ClH/c1-8-7(6(9)10)2-4-11-5-3-7;/h8H,2-5H2,1H3,(H,9,10);1H. The zero-order valence-electron chi connectivity index (χ0n) is 7.00. The minimum absolute atomic E-state index is 0. The van der Waals surface area contributed by atoms with Gasteiger partial charge in [-0.05, 0) is 31.4 Å². The first kappa shape index (κ1) is 12.1. The summed E-state index contributed by atoms with van der Waals surface area (Å²) in [5, 5.41) is 11.8. The molecule has 0 aromatic rings. The van der Waals surface area contributed by atoms with E-state index >= 15 is 0 Å². The van der Waals surface area contributed by atoms with Crippen molar-refractivity contribution in [3.05, 3.63) is 0 Å². The Labute approximate surface area is 82.7 Å². The lowest BCUT2D eigenvalue weighted by molar-refractivity contribution is -0.145. The maximum absolute atomic E-state index is 10.8. The van der Waals surface area contributed by atoms with Crippen molar-refractivity contribution >= 4 is 30.1 Å². The number of carboxylic acids is 1. The molecule has 72 valence electrons. The molecule has 3 nitrogen and oxygen atoms in total. The second-order valence-corrected chi connectivity index (χ2v) is 3.97. The van der Waals surface area contributed by atoms with Gasteiger partial charge in [-0.3, -0.25) is 4.79 Å². The Morgan fingerprint density at radius 3 is 2.25 bits per heavy atom. The van der Waals surface area contributed by atoms with Crippen molar-refractivity contribution in [3.63, 3.8) is 0 Å². The Hall–Kier alpha value is 0.0700. The monoisotopic (exact) mass is 211 g/mol. The van der Waals surface area contributed by atoms with Gasteiger partial charge in [-0.2, -0.15) is 11.8 Å². The molecule has 1 aliphatic rings. The van der Waals surface area contributed by atoms with Gasteiger partial charge in [-0.15, -0.1) is 12.4 Å². The molecule has 1 rings (SSSR count). The fraction of sp³-hybridized carbons (Fsp3) is 0.857. The van der Waals surface area contributed by atoms with E-state index in [2.05, 4.69) is 5.32 Å². The molecule has 0 unspecified atom stereocenters. The van der Waals surface area contributed by atoms with Crippen LogP contribution in [0.2, 0.25) is 0 Å². The summed E-state index contributed by atoms with van der Waals surface area (Å²) in [5.41, 5.74) is -0.634. The van der Waals surface area contributed by atoms with Crippen LogP contribution < -0.4 is 5.32 Å². The highest BCUT2D eigenvalue weighted by Gasteiger charge is 2.37. The van der Waals surface area contributed by atoms with Crippen LogP contribution in [0.25, 0.3) is 0 Å². The second kappa shape index (κ2) is 4.94. The summed E-state index contributed by atoms with van der Waals surface area (Å²) >= 11 is 1.83. The number of rotatable bonds is 2. The molecule has 0 saturated carbocycles. The van der Waals surface area contributed by atoms with Gasteiger partial charge in [0.05, 0.1) is 0 Å². The van der Waals surface area contributed by atoms with Gasteiger partial charge in [0, 0.05) is 0 Å². The second-order valence-electron chi connectivity index (χ2n) is 2.75. The topological polar surface area (TPSA) is 49.3 Å². The first-order valence-corrected chi connectivity index (χ1v) is 4.87. The largest absolute Gasteiger partial charge is 0.480 e. The molecular weight excluding hydrogens is 198 g/mol. The first-order valence-electron chi connectivity index (χ1n) is 3.71. The van der Waals surface area contributed by atoms with Gasteiger partial charge < -0.3 is 10.4 Å². The molecule has 1 aliphatic heterocycles. The maximum Gasteiger partial charge on any atom is 0.323 e. The Morgan fingerprint density at radius 1 is 1.50 bits per heavy atom. The molecule has 0 aliphatic carbocycles. The van der Waals surface area contributed by atoms with Crippen LogP contribution in [-0.4, -0.2) is 35.2 Å². The summed E-state index contributed by atoms with van der Waals surface area (Å²) in [6.07, 6.45) is 1.48. The molecule has 1 heterocycles. The molecule has 0 aromatic heterocycles. The molecule has 1 fully saturated rings. The normalized spacial score (nSPS) is 21.1. The Morgan fingerprint density at radius 2 is 2.00 bits per heavy atom. The first-order chi connectivity index (χ1) is 5.21. The fourth-order valence-electron chi connectivity index (χ4n) is 1.29. The smallest absolute Gasteiger partial charge is 0.323 e. The summed E-state index contributed by atoms with van der Waals surface area (Å²) in [6, 6.07) is 0. The minimum atomic E-state index is -0.708. The molecule has 0 aromatic carbocycles. The van der Waals surface area contributed by atoms with Crippen LogP contribution in [0.1, 0.15) is 12.8 Å². The van der Waals surface area contributed by atoms with Crippen molar-refractivity contribution in [2.45, 2.75) is 18.4 Å². The van der Waals surface area contributed by atoms with E-state index in [1.807, 2.05) is 11.8 Å². The zero-order chi connectivity index (χ0) is 8.32. The van der Waals surface area contributed by atoms with Gasteiger partial charge in [-0.25, -0.2) is 0 Å². The summed E-state index contributed by atoms with van der Waals surface area (Å²) < 4.78 is 0. The van der Waals surface area contributed by atoms with E-state index < -0.39 is 11.5 Å². The summed E-state index contributed by atoms with van der Waals surface area (Å²) in [7, 11) is 1.73. The van der Waals surface area contributed by atoms with E-state index in [4.69, 9.17) is 5.11 Å². The van der Waals surface area contributed by atoms with Crippen LogP contribution in [0.4, 0.5) is 0 Å². The number of hydrogen-bond donors (Lipinski definition) is 2. The molecule has 0 atom stereocenters. The number of aliphatic carboxylic acids is 1. The predicted molar refractivity (Wildman–Crippen MR) is 53.2 cm³/mol. The predicted octanol–water partition coefficient (Wildman–Crippen LogP) is 0.978.